The molecule has 0 aliphatic carbocycles. The highest BCUT2D eigenvalue weighted by Crippen LogP contribution is 2.45. The first-order chi connectivity index (χ1) is 43.3. The number of ether oxygens (including phenoxy) is 4. The number of hydrogen-bond donors (Lipinski definition) is 3. The van der Waals surface area contributed by atoms with Crippen molar-refractivity contribution in [3.63, 3.8) is 0 Å². The highest BCUT2D eigenvalue weighted by molar-refractivity contribution is 7.47. The molecule has 90 heavy (non-hydrogen) atoms. The van der Waals surface area contributed by atoms with E-state index in [1.807, 2.05) is 0 Å². The van der Waals surface area contributed by atoms with Crippen molar-refractivity contribution in [2.24, 2.45) is 17.8 Å². The van der Waals surface area contributed by atoms with E-state index in [-0.39, 0.29) is 25.7 Å². The molecule has 19 heteroatoms. The molecule has 17 nitrogen and oxygen atoms in total. The maximum Gasteiger partial charge on any atom is 0.472 e. The summed E-state index contributed by atoms with van der Waals surface area (Å²) in [5.74, 6) is 0.224. The van der Waals surface area contributed by atoms with Gasteiger partial charge in [-0.2, -0.15) is 0 Å². The number of carbonyl (C=O) groups is 4. The van der Waals surface area contributed by atoms with Crippen molar-refractivity contribution < 1.29 is 80.2 Å². The molecule has 0 aromatic rings. The lowest BCUT2D eigenvalue weighted by molar-refractivity contribution is -0.161. The van der Waals surface area contributed by atoms with Crippen molar-refractivity contribution >= 4 is 39.5 Å². The van der Waals surface area contributed by atoms with E-state index < -0.39 is 97.5 Å². The molecule has 0 spiro atoms. The summed E-state index contributed by atoms with van der Waals surface area (Å²) in [6.07, 6.45) is 45.6. The molecule has 0 amide bonds. The van der Waals surface area contributed by atoms with Crippen LogP contribution in [0.25, 0.3) is 0 Å². The van der Waals surface area contributed by atoms with E-state index in [2.05, 4.69) is 48.5 Å². The van der Waals surface area contributed by atoms with Crippen molar-refractivity contribution in [1.82, 2.24) is 0 Å². The fourth-order valence-electron chi connectivity index (χ4n) is 10.7. The molecule has 0 aromatic heterocycles. The summed E-state index contributed by atoms with van der Waals surface area (Å²) in [6.45, 7) is 11.9. The summed E-state index contributed by atoms with van der Waals surface area (Å²) in [7, 11) is -9.90. The largest absolute Gasteiger partial charge is 0.472 e. The molecule has 7 atom stereocenters. The molecule has 3 N–H and O–H groups in total. The Morgan fingerprint density at radius 2 is 0.567 bits per heavy atom. The van der Waals surface area contributed by atoms with Crippen molar-refractivity contribution in [2.45, 2.75) is 375 Å². The molecule has 534 valence electrons. The Kier molecular flexibility index (Phi) is 60.6. The third-order valence-electron chi connectivity index (χ3n) is 17.1. The molecule has 4 unspecified atom stereocenters. The van der Waals surface area contributed by atoms with Crippen LogP contribution in [0.1, 0.15) is 357 Å². The van der Waals surface area contributed by atoms with E-state index in [0.29, 0.717) is 25.7 Å². The van der Waals surface area contributed by atoms with Crippen LogP contribution in [0.5, 0.6) is 0 Å². The first-order valence-electron chi connectivity index (χ1n) is 36.9. The predicted octanol–water partition coefficient (Wildman–Crippen LogP) is 20.2. The van der Waals surface area contributed by atoms with E-state index in [1.165, 1.54) is 167 Å². The highest BCUT2D eigenvalue weighted by Gasteiger charge is 2.30. The minimum Gasteiger partial charge on any atom is -0.462 e. The third kappa shape index (κ3) is 62.2. The molecule has 0 saturated heterocycles. The fourth-order valence-corrected chi connectivity index (χ4v) is 12.2. The van der Waals surface area contributed by atoms with Crippen LogP contribution in [0.3, 0.4) is 0 Å². The topological polar surface area (TPSA) is 237 Å². The molecule has 0 saturated carbocycles. The molecule has 0 rings (SSSR count). The molecule has 0 aliphatic heterocycles. The number of hydrogen-bond acceptors (Lipinski definition) is 15. The van der Waals surface area contributed by atoms with E-state index in [9.17, 15) is 43.2 Å². The van der Waals surface area contributed by atoms with Crippen LogP contribution in [0, 0.1) is 17.8 Å². The molecule has 0 heterocycles. The molecule has 0 aromatic carbocycles. The van der Waals surface area contributed by atoms with Crippen LogP contribution in [-0.4, -0.2) is 96.7 Å². The van der Waals surface area contributed by atoms with Crippen molar-refractivity contribution in [2.75, 3.05) is 39.6 Å². The summed E-state index contributed by atoms with van der Waals surface area (Å²) in [5, 5.41) is 10.6. The average Bonchev–Trinajstić information content (AvgIpc) is 3.16. The Hall–Kier alpha value is -1.94. The van der Waals surface area contributed by atoms with Crippen LogP contribution < -0.4 is 0 Å². The van der Waals surface area contributed by atoms with Gasteiger partial charge in [0, 0.05) is 25.7 Å². The number of esters is 4. The lowest BCUT2D eigenvalue weighted by Gasteiger charge is -2.21. The lowest BCUT2D eigenvalue weighted by atomic mass is 9.99. The van der Waals surface area contributed by atoms with Gasteiger partial charge in [0.05, 0.1) is 26.4 Å². The highest BCUT2D eigenvalue weighted by atomic mass is 31.2. The zero-order chi connectivity index (χ0) is 66.6. The number of phosphoric ester groups is 2. The second-order valence-electron chi connectivity index (χ2n) is 26.6. The number of unbranched alkanes of at least 4 members (excludes halogenated alkanes) is 35. The summed E-state index contributed by atoms with van der Waals surface area (Å²) < 4.78 is 68.3. The molecule has 0 fully saturated rings. The van der Waals surface area contributed by atoms with Gasteiger partial charge < -0.3 is 33.8 Å². The van der Waals surface area contributed by atoms with Gasteiger partial charge in [0.1, 0.15) is 19.3 Å². The molecule has 0 radical (unpaired) electrons. The Bertz CT molecular complexity index is 1770. The van der Waals surface area contributed by atoms with Gasteiger partial charge >= 0.3 is 39.5 Å². The quantitative estimate of drug-likeness (QED) is 0.0222. The van der Waals surface area contributed by atoms with Crippen molar-refractivity contribution in [3.8, 4) is 0 Å². The van der Waals surface area contributed by atoms with Crippen LogP contribution in [0.2, 0.25) is 0 Å². The second kappa shape index (κ2) is 61.9. The normalized spacial score (nSPS) is 14.8. The van der Waals surface area contributed by atoms with Gasteiger partial charge in [-0.3, -0.25) is 37.3 Å². The van der Waals surface area contributed by atoms with Crippen molar-refractivity contribution in [1.29, 1.82) is 0 Å². The van der Waals surface area contributed by atoms with Crippen LogP contribution >= 0.6 is 15.6 Å². The van der Waals surface area contributed by atoms with Gasteiger partial charge in [0.25, 0.3) is 0 Å². The smallest absolute Gasteiger partial charge is 0.462 e. The molecule has 0 bridgehead atoms. The lowest BCUT2D eigenvalue weighted by Crippen LogP contribution is -2.30. The van der Waals surface area contributed by atoms with Gasteiger partial charge in [0.15, 0.2) is 12.2 Å². The van der Waals surface area contributed by atoms with E-state index in [0.717, 1.165) is 108 Å². The number of aliphatic hydroxyl groups is 1. The third-order valence-corrected chi connectivity index (χ3v) is 19.0. The summed E-state index contributed by atoms with van der Waals surface area (Å²) in [4.78, 5) is 72.6. The average molecular weight is 1330 g/mol. The standard InChI is InChI=1S/C71H138O17P2/c1-8-11-12-13-14-15-24-31-38-45-52-68(73)81-58-67(88-71(76)55-48-41-34-27-20-21-28-35-42-49-62(4)5)61-86-90(79,80)84-57-65(72)56-83-89(77,78)85-60-66(87-70(75)54-47-40-33-26-19-17-23-30-37-44-51-64(7)10-3)59-82-69(74)53-46-39-32-25-18-16-22-29-36-43-50-63(6)9-2/h62-67,72H,8-61H2,1-7H3,(H,77,78)(H,79,80)/t63?,64?,65-,66-,67-/m1/s1. The monoisotopic (exact) mass is 1320 g/mol. The number of rotatable bonds is 69. The van der Waals surface area contributed by atoms with Crippen molar-refractivity contribution in [3.05, 3.63) is 0 Å². The van der Waals surface area contributed by atoms with E-state index >= 15 is 0 Å². The Labute approximate surface area is 549 Å². The Morgan fingerprint density at radius 3 is 0.844 bits per heavy atom. The zero-order valence-electron chi connectivity index (χ0n) is 58.6. The van der Waals surface area contributed by atoms with Gasteiger partial charge in [-0.1, -0.05) is 305 Å². The maximum atomic E-state index is 13.0. The van der Waals surface area contributed by atoms with E-state index in [4.69, 9.17) is 37.0 Å². The Morgan fingerprint density at radius 1 is 0.322 bits per heavy atom. The van der Waals surface area contributed by atoms with Gasteiger partial charge in [-0.25, -0.2) is 9.13 Å². The minimum absolute atomic E-state index is 0.105. The summed E-state index contributed by atoms with van der Waals surface area (Å²) >= 11 is 0. The van der Waals surface area contributed by atoms with Gasteiger partial charge in [-0.05, 0) is 43.4 Å². The van der Waals surface area contributed by atoms with Gasteiger partial charge in [0.2, 0.25) is 0 Å². The Balaban J connectivity index is 5.27. The number of carbonyl (C=O) groups excluding carboxylic acids is 4. The predicted molar refractivity (Wildman–Crippen MR) is 363 cm³/mol. The van der Waals surface area contributed by atoms with Crippen LogP contribution in [-0.2, 0) is 65.4 Å². The van der Waals surface area contributed by atoms with Gasteiger partial charge in [-0.15, -0.1) is 0 Å². The SMILES string of the molecule is CCCCCCCCCCCCC(=O)OC[C@H](COP(=O)(O)OC[C@H](O)COP(=O)(O)OC[C@@H](COC(=O)CCCCCCCCCCCCC(C)CC)OC(=O)CCCCCCCCCCCCC(C)CC)OC(=O)CCCCCCCCCCCC(C)C. The molecule has 0 aliphatic rings. The van der Waals surface area contributed by atoms with Crippen LogP contribution in [0.15, 0.2) is 0 Å². The fraction of sp³-hybridized carbons (Fsp3) is 0.944. The number of phosphoric acid groups is 2. The minimum atomic E-state index is -4.95. The van der Waals surface area contributed by atoms with Crippen LogP contribution in [0.4, 0.5) is 0 Å². The number of aliphatic hydroxyl groups excluding tert-OH is 1. The molecular formula is C71H138O17P2. The first kappa shape index (κ1) is 88.1. The summed E-state index contributed by atoms with van der Waals surface area (Å²) in [5.41, 5.74) is 0. The second-order valence-corrected chi connectivity index (χ2v) is 29.5. The first-order valence-corrected chi connectivity index (χ1v) is 39.9. The summed E-state index contributed by atoms with van der Waals surface area (Å²) in [6, 6.07) is 0. The van der Waals surface area contributed by atoms with E-state index in [1.54, 1.807) is 0 Å². The zero-order valence-corrected chi connectivity index (χ0v) is 60.4. The molecular weight excluding hydrogens is 1190 g/mol. The maximum absolute atomic E-state index is 13.0.